The molecule has 2 N–H and O–H groups in total. The molecular formula is C20H27Cl3N2. The molecule has 0 spiro atoms. The van der Waals surface area contributed by atoms with Crippen LogP contribution in [0.3, 0.4) is 0 Å². The minimum Gasteiger partial charge on any atom is -0.308 e. The molecule has 25 heavy (non-hydrogen) atoms. The monoisotopic (exact) mass is 400 g/mol. The lowest BCUT2D eigenvalue weighted by molar-refractivity contribution is 0.281. The van der Waals surface area contributed by atoms with Crippen LogP contribution in [-0.4, -0.2) is 12.1 Å². The van der Waals surface area contributed by atoms with E-state index in [1.165, 1.54) is 36.8 Å². The second kappa shape index (κ2) is 11.8. The molecule has 3 rings (SSSR count). The third-order valence-electron chi connectivity index (χ3n) is 4.66. The fourth-order valence-electron chi connectivity index (χ4n) is 3.32. The van der Waals surface area contributed by atoms with Crippen LogP contribution in [0.15, 0.2) is 54.6 Å². The summed E-state index contributed by atoms with van der Waals surface area (Å²) in [5.41, 5.74) is 2.65. The summed E-state index contributed by atoms with van der Waals surface area (Å²) in [5.74, 6) is 0. The third-order valence-corrected chi connectivity index (χ3v) is 4.91. The molecule has 0 heterocycles. The largest absolute Gasteiger partial charge is 0.308 e. The Hall–Kier alpha value is -0.770. The highest BCUT2D eigenvalue weighted by molar-refractivity contribution is 6.30. The number of halogens is 3. The smallest absolute Gasteiger partial charge is 0.0406 e. The minimum atomic E-state index is 0. The first-order valence-corrected chi connectivity index (χ1v) is 8.94. The maximum Gasteiger partial charge on any atom is 0.0406 e. The predicted octanol–water partition coefficient (Wildman–Crippen LogP) is 5.37. The lowest BCUT2D eigenvalue weighted by Gasteiger charge is -2.33. The number of rotatable bonds is 6. The Kier molecular flexibility index (Phi) is 10.5. The highest BCUT2D eigenvalue weighted by Gasteiger charge is 2.24. The first-order chi connectivity index (χ1) is 11.3. The van der Waals surface area contributed by atoms with E-state index >= 15 is 0 Å². The zero-order chi connectivity index (χ0) is 15.9. The maximum atomic E-state index is 5.95. The molecule has 0 saturated heterocycles. The average Bonchev–Trinajstić information content (AvgIpc) is 2.61. The summed E-state index contributed by atoms with van der Waals surface area (Å²) in [6.45, 7) is 1.86. The Labute approximate surface area is 168 Å². The van der Waals surface area contributed by atoms with Crippen LogP contribution in [0.4, 0.5) is 0 Å². The third kappa shape index (κ3) is 7.16. The van der Waals surface area contributed by atoms with Crippen molar-refractivity contribution in [2.75, 3.05) is 0 Å². The van der Waals surface area contributed by atoms with Crippen molar-refractivity contribution >= 4 is 36.4 Å². The van der Waals surface area contributed by atoms with Crippen molar-refractivity contribution in [2.45, 2.75) is 50.9 Å². The SMILES string of the molecule is Cl.Cl.Clc1ccc(CNC2CCCCC2NCc2ccccc2)cc1. The van der Waals surface area contributed by atoms with Crippen molar-refractivity contribution in [3.05, 3.63) is 70.7 Å². The molecule has 1 aliphatic rings. The molecule has 1 saturated carbocycles. The Bertz CT molecular complexity index is 590. The van der Waals surface area contributed by atoms with Gasteiger partial charge in [0.1, 0.15) is 0 Å². The molecule has 0 amide bonds. The van der Waals surface area contributed by atoms with Crippen molar-refractivity contribution in [3.63, 3.8) is 0 Å². The van der Waals surface area contributed by atoms with Crippen LogP contribution in [0, 0.1) is 0 Å². The van der Waals surface area contributed by atoms with E-state index in [-0.39, 0.29) is 24.8 Å². The Morgan fingerprint density at radius 3 is 1.72 bits per heavy atom. The van der Waals surface area contributed by atoms with E-state index < -0.39 is 0 Å². The minimum absolute atomic E-state index is 0. The lowest BCUT2D eigenvalue weighted by Crippen LogP contribution is -2.49. The Balaban J connectivity index is 0.00000156. The quantitative estimate of drug-likeness (QED) is 0.679. The predicted molar refractivity (Wildman–Crippen MR) is 112 cm³/mol. The molecule has 0 bridgehead atoms. The molecule has 2 nitrogen and oxygen atoms in total. The molecule has 0 radical (unpaired) electrons. The highest BCUT2D eigenvalue weighted by atomic mass is 35.5. The van der Waals surface area contributed by atoms with E-state index in [9.17, 15) is 0 Å². The van der Waals surface area contributed by atoms with Crippen LogP contribution in [-0.2, 0) is 13.1 Å². The van der Waals surface area contributed by atoms with Gasteiger partial charge in [0.15, 0.2) is 0 Å². The molecule has 5 heteroatoms. The molecule has 1 aliphatic carbocycles. The van der Waals surface area contributed by atoms with E-state index in [1.54, 1.807) is 0 Å². The number of nitrogens with one attached hydrogen (secondary N) is 2. The standard InChI is InChI=1S/C20H25ClN2.2ClH/c21-18-12-10-17(11-13-18)15-23-20-9-5-4-8-19(20)22-14-16-6-2-1-3-7-16;;/h1-3,6-7,10-13,19-20,22-23H,4-5,8-9,14-15H2;2*1H. The molecule has 0 aliphatic heterocycles. The second-order valence-corrected chi connectivity index (χ2v) is 6.81. The Morgan fingerprint density at radius 1 is 0.720 bits per heavy atom. The summed E-state index contributed by atoms with van der Waals surface area (Å²) in [6, 6.07) is 19.9. The Morgan fingerprint density at radius 2 is 1.20 bits per heavy atom. The van der Waals surface area contributed by atoms with Gasteiger partial charge in [-0.25, -0.2) is 0 Å². The fraction of sp³-hybridized carbons (Fsp3) is 0.400. The highest BCUT2D eigenvalue weighted by Crippen LogP contribution is 2.20. The van der Waals surface area contributed by atoms with Crippen LogP contribution < -0.4 is 10.6 Å². The zero-order valence-electron chi connectivity index (χ0n) is 14.3. The first kappa shape index (κ1) is 22.3. The van der Waals surface area contributed by atoms with Gasteiger partial charge < -0.3 is 10.6 Å². The summed E-state index contributed by atoms with van der Waals surface area (Å²) in [7, 11) is 0. The summed E-state index contributed by atoms with van der Waals surface area (Å²) < 4.78 is 0. The average molecular weight is 402 g/mol. The first-order valence-electron chi connectivity index (χ1n) is 8.56. The summed E-state index contributed by atoms with van der Waals surface area (Å²) >= 11 is 5.95. The molecule has 2 aromatic carbocycles. The van der Waals surface area contributed by atoms with Crippen molar-refractivity contribution in [1.82, 2.24) is 10.6 Å². The topological polar surface area (TPSA) is 24.1 Å². The van der Waals surface area contributed by atoms with Crippen LogP contribution in [0.5, 0.6) is 0 Å². The van der Waals surface area contributed by atoms with E-state index in [0.717, 1.165) is 18.1 Å². The van der Waals surface area contributed by atoms with Gasteiger partial charge in [-0.2, -0.15) is 0 Å². The van der Waals surface area contributed by atoms with Crippen LogP contribution >= 0.6 is 36.4 Å². The normalized spacial score (nSPS) is 19.6. The van der Waals surface area contributed by atoms with Crippen molar-refractivity contribution in [2.24, 2.45) is 0 Å². The molecule has 2 atom stereocenters. The van der Waals surface area contributed by atoms with Crippen LogP contribution in [0.25, 0.3) is 0 Å². The van der Waals surface area contributed by atoms with Gasteiger partial charge in [-0.05, 0) is 36.1 Å². The van der Waals surface area contributed by atoms with E-state index in [2.05, 4.69) is 53.1 Å². The van der Waals surface area contributed by atoms with Crippen molar-refractivity contribution in [1.29, 1.82) is 0 Å². The van der Waals surface area contributed by atoms with Gasteiger partial charge in [-0.1, -0.05) is 66.9 Å². The van der Waals surface area contributed by atoms with Gasteiger partial charge in [0.2, 0.25) is 0 Å². The molecule has 2 unspecified atom stereocenters. The van der Waals surface area contributed by atoms with Gasteiger partial charge in [-0.3, -0.25) is 0 Å². The fourth-order valence-corrected chi connectivity index (χ4v) is 3.44. The van der Waals surface area contributed by atoms with Gasteiger partial charge in [0.05, 0.1) is 0 Å². The molecular weight excluding hydrogens is 375 g/mol. The van der Waals surface area contributed by atoms with E-state index in [1.807, 2.05) is 12.1 Å². The zero-order valence-corrected chi connectivity index (χ0v) is 16.7. The number of hydrogen-bond acceptors (Lipinski definition) is 2. The molecule has 1 fully saturated rings. The van der Waals surface area contributed by atoms with Gasteiger partial charge in [0.25, 0.3) is 0 Å². The molecule has 2 aromatic rings. The maximum absolute atomic E-state index is 5.95. The van der Waals surface area contributed by atoms with E-state index in [4.69, 9.17) is 11.6 Å². The van der Waals surface area contributed by atoms with Crippen molar-refractivity contribution in [3.8, 4) is 0 Å². The number of hydrogen-bond donors (Lipinski definition) is 2. The van der Waals surface area contributed by atoms with Gasteiger partial charge in [-0.15, -0.1) is 24.8 Å². The number of benzene rings is 2. The lowest BCUT2D eigenvalue weighted by atomic mass is 9.90. The summed E-state index contributed by atoms with van der Waals surface area (Å²) in [6.07, 6.45) is 5.15. The van der Waals surface area contributed by atoms with E-state index in [0.29, 0.717) is 12.1 Å². The van der Waals surface area contributed by atoms with Gasteiger partial charge in [0, 0.05) is 30.2 Å². The molecule has 138 valence electrons. The van der Waals surface area contributed by atoms with Crippen LogP contribution in [0.2, 0.25) is 5.02 Å². The van der Waals surface area contributed by atoms with Gasteiger partial charge >= 0.3 is 0 Å². The summed E-state index contributed by atoms with van der Waals surface area (Å²) in [5, 5.41) is 8.29. The van der Waals surface area contributed by atoms with Crippen molar-refractivity contribution < 1.29 is 0 Å². The second-order valence-electron chi connectivity index (χ2n) is 6.37. The summed E-state index contributed by atoms with van der Waals surface area (Å²) in [4.78, 5) is 0. The molecule has 0 aromatic heterocycles. The van der Waals surface area contributed by atoms with Crippen LogP contribution in [0.1, 0.15) is 36.8 Å².